The summed E-state index contributed by atoms with van der Waals surface area (Å²) in [4.78, 5) is 29.6. The van der Waals surface area contributed by atoms with Crippen LogP contribution in [-0.4, -0.2) is 26.7 Å². The summed E-state index contributed by atoms with van der Waals surface area (Å²) in [6, 6.07) is 3.97. The van der Waals surface area contributed by atoms with Crippen molar-refractivity contribution in [1.29, 1.82) is 0 Å². The second-order valence-electron chi connectivity index (χ2n) is 10.6. The van der Waals surface area contributed by atoms with Gasteiger partial charge in [-0.25, -0.2) is 4.68 Å². The Balaban J connectivity index is 1.72. The lowest BCUT2D eigenvalue weighted by Crippen LogP contribution is -2.48. The summed E-state index contributed by atoms with van der Waals surface area (Å²) in [5.74, 6) is 1.26. The molecule has 2 aromatic rings. The van der Waals surface area contributed by atoms with Gasteiger partial charge in [-0.3, -0.25) is 14.6 Å². The molecule has 0 saturated heterocycles. The summed E-state index contributed by atoms with van der Waals surface area (Å²) in [5.41, 5.74) is 0.945. The molecule has 0 radical (unpaired) electrons. The van der Waals surface area contributed by atoms with E-state index in [4.69, 9.17) is 0 Å². The molecule has 1 amide bonds. The van der Waals surface area contributed by atoms with Gasteiger partial charge >= 0.3 is 0 Å². The fourth-order valence-corrected chi connectivity index (χ4v) is 5.23. The SMILES string of the molecule is C[C@@H]1[C@@H](C)C(C)(C)[C@@H](C)C[C@H]1Nc1cnn(CC(=O)NC(C)(C)c2ccncc2)c(=O)c1Br. The van der Waals surface area contributed by atoms with E-state index in [0.717, 1.165) is 12.0 Å². The monoisotopic (exact) mass is 517 g/mol. The first-order chi connectivity index (χ1) is 15.3. The third kappa shape index (κ3) is 5.31. The van der Waals surface area contributed by atoms with E-state index in [1.165, 1.54) is 4.68 Å². The largest absolute Gasteiger partial charge is 0.380 e. The number of hydrogen-bond donors (Lipinski definition) is 2. The number of aromatic nitrogens is 3. The van der Waals surface area contributed by atoms with Crippen molar-refractivity contribution in [3.05, 3.63) is 51.1 Å². The number of anilines is 1. The van der Waals surface area contributed by atoms with Crippen LogP contribution in [0.5, 0.6) is 0 Å². The minimum absolute atomic E-state index is 0.158. The fraction of sp³-hybridized carbons (Fsp3) is 0.600. The van der Waals surface area contributed by atoms with Gasteiger partial charge in [0.25, 0.3) is 5.56 Å². The smallest absolute Gasteiger partial charge is 0.283 e. The zero-order valence-electron chi connectivity index (χ0n) is 20.6. The first-order valence-corrected chi connectivity index (χ1v) is 12.4. The van der Waals surface area contributed by atoms with Crippen LogP contribution in [0.1, 0.15) is 60.5 Å². The van der Waals surface area contributed by atoms with Gasteiger partial charge in [0.2, 0.25) is 5.91 Å². The summed E-state index contributed by atoms with van der Waals surface area (Å²) in [5, 5.41) is 10.8. The normalized spacial score (nSPS) is 24.8. The molecule has 0 spiro atoms. The molecule has 0 aliphatic heterocycles. The minimum atomic E-state index is -0.597. The Morgan fingerprint density at radius 1 is 1.24 bits per heavy atom. The molecule has 2 aromatic heterocycles. The molecule has 0 unspecified atom stereocenters. The van der Waals surface area contributed by atoms with Gasteiger partial charge in [-0.15, -0.1) is 0 Å². The molecular weight excluding hydrogens is 482 g/mol. The number of halogens is 1. The van der Waals surface area contributed by atoms with Crippen molar-refractivity contribution in [3.8, 4) is 0 Å². The van der Waals surface area contributed by atoms with Crippen LogP contribution in [-0.2, 0) is 16.9 Å². The Morgan fingerprint density at radius 2 is 1.88 bits per heavy atom. The number of hydrogen-bond acceptors (Lipinski definition) is 5. The molecule has 33 heavy (non-hydrogen) atoms. The quantitative estimate of drug-likeness (QED) is 0.585. The number of carbonyl (C=O) groups excluding carboxylic acids is 1. The number of amides is 1. The molecule has 4 atom stereocenters. The van der Waals surface area contributed by atoms with E-state index in [0.29, 0.717) is 27.9 Å². The Kier molecular flexibility index (Phi) is 7.36. The molecule has 180 valence electrons. The highest BCUT2D eigenvalue weighted by atomic mass is 79.9. The minimum Gasteiger partial charge on any atom is -0.380 e. The molecule has 2 heterocycles. The lowest BCUT2D eigenvalue weighted by Gasteiger charge is -2.50. The van der Waals surface area contributed by atoms with Crippen LogP contribution in [0.2, 0.25) is 0 Å². The van der Waals surface area contributed by atoms with E-state index in [2.05, 4.69) is 71.3 Å². The lowest BCUT2D eigenvalue weighted by atomic mass is 9.58. The van der Waals surface area contributed by atoms with Gasteiger partial charge in [-0.05, 0) is 77.1 Å². The highest BCUT2D eigenvalue weighted by Gasteiger charge is 2.43. The van der Waals surface area contributed by atoms with Crippen molar-refractivity contribution in [3.63, 3.8) is 0 Å². The van der Waals surface area contributed by atoms with Gasteiger partial charge in [-0.2, -0.15) is 5.10 Å². The second kappa shape index (κ2) is 9.57. The maximum absolute atomic E-state index is 12.9. The first-order valence-electron chi connectivity index (χ1n) is 11.6. The van der Waals surface area contributed by atoms with E-state index in [-0.39, 0.29) is 29.5 Å². The third-order valence-corrected chi connectivity index (χ3v) is 8.71. The van der Waals surface area contributed by atoms with Crippen LogP contribution in [0, 0.1) is 23.2 Å². The van der Waals surface area contributed by atoms with Gasteiger partial charge in [0.1, 0.15) is 11.0 Å². The van der Waals surface area contributed by atoms with Crippen LogP contribution >= 0.6 is 15.9 Å². The number of nitrogens with zero attached hydrogens (tertiary/aromatic N) is 3. The molecule has 1 aliphatic rings. The van der Waals surface area contributed by atoms with Crippen molar-refractivity contribution >= 4 is 27.5 Å². The lowest BCUT2D eigenvalue weighted by molar-refractivity contribution is -0.123. The predicted molar refractivity (Wildman–Crippen MR) is 135 cm³/mol. The van der Waals surface area contributed by atoms with Crippen molar-refractivity contribution < 1.29 is 4.79 Å². The summed E-state index contributed by atoms with van der Waals surface area (Å²) in [7, 11) is 0. The number of carbonyl (C=O) groups is 1. The van der Waals surface area contributed by atoms with Crippen LogP contribution in [0.3, 0.4) is 0 Å². The first kappa shape index (κ1) is 25.4. The zero-order chi connectivity index (χ0) is 24.6. The highest BCUT2D eigenvalue weighted by molar-refractivity contribution is 9.10. The van der Waals surface area contributed by atoms with E-state index in [1.807, 2.05) is 26.0 Å². The Labute approximate surface area is 204 Å². The average Bonchev–Trinajstić information content (AvgIpc) is 2.76. The van der Waals surface area contributed by atoms with Crippen molar-refractivity contribution in [1.82, 2.24) is 20.1 Å². The van der Waals surface area contributed by atoms with Crippen LogP contribution < -0.4 is 16.2 Å². The number of pyridine rings is 1. The number of rotatable bonds is 6. The molecule has 7 nitrogen and oxygen atoms in total. The van der Waals surface area contributed by atoms with Crippen LogP contribution in [0.4, 0.5) is 5.69 Å². The van der Waals surface area contributed by atoms with Gasteiger partial charge in [0, 0.05) is 18.4 Å². The van der Waals surface area contributed by atoms with Gasteiger partial charge < -0.3 is 10.6 Å². The van der Waals surface area contributed by atoms with Gasteiger partial charge in [-0.1, -0.05) is 34.6 Å². The van der Waals surface area contributed by atoms with E-state index in [1.54, 1.807) is 18.6 Å². The summed E-state index contributed by atoms with van der Waals surface area (Å²) >= 11 is 3.44. The highest BCUT2D eigenvalue weighted by Crippen LogP contribution is 2.48. The van der Waals surface area contributed by atoms with E-state index in [9.17, 15) is 9.59 Å². The zero-order valence-corrected chi connectivity index (χ0v) is 22.2. The van der Waals surface area contributed by atoms with Crippen molar-refractivity contribution in [2.45, 2.75) is 73.0 Å². The fourth-order valence-electron chi connectivity index (χ4n) is 4.81. The van der Waals surface area contributed by atoms with Gasteiger partial charge in [0.05, 0.1) is 17.4 Å². The van der Waals surface area contributed by atoms with Gasteiger partial charge in [0.15, 0.2) is 0 Å². The maximum Gasteiger partial charge on any atom is 0.283 e. The molecular formula is C25H36BrN5O2. The molecule has 3 rings (SSSR count). The Bertz CT molecular complexity index is 1050. The molecule has 1 saturated carbocycles. The Hall–Kier alpha value is -2.22. The van der Waals surface area contributed by atoms with Crippen molar-refractivity contribution in [2.75, 3.05) is 5.32 Å². The van der Waals surface area contributed by atoms with Crippen LogP contribution in [0.25, 0.3) is 0 Å². The van der Waals surface area contributed by atoms with E-state index >= 15 is 0 Å². The standard InChI is InChI=1S/C25H36BrN5O2/c1-15-12-19(16(2)17(3)24(15,4)5)29-20-13-28-31(23(33)22(20)26)14-21(32)30-25(6,7)18-8-10-27-11-9-18/h8-11,13,15-17,19,29H,12,14H2,1-7H3,(H,30,32)/t15-,16+,17+,19+/m0/s1. The maximum atomic E-state index is 12.9. The summed E-state index contributed by atoms with van der Waals surface area (Å²) < 4.78 is 1.59. The number of nitrogens with one attached hydrogen (secondary N) is 2. The average molecular weight is 519 g/mol. The molecule has 0 aromatic carbocycles. The molecule has 1 aliphatic carbocycles. The van der Waals surface area contributed by atoms with E-state index < -0.39 is 5.54 Å². The predicted octanol–water partition coefficient (Wildman–Crippen LogP) is 4.57. The summed E-state index contributed by atoms with van der Waals surface area (Å²) in [6.07, 6.45) is 6.04. The second-order valence-corrected chi connectivity index (χ2v) is 11.4. The summed E-state index contributed by atoms with van der Waals surface area (Å²) in [6.45, 7) is 15.2. The molecule has 2 N–H and O–H groups in total. The third-order valence-electron chi connectivity index (χ3n) is 7.95. The van der Waals surface area contributed by atoms with Crippen molar-refractivity contribution in [2.24, 2.45) is 23.2 Å². The van der Waals surface area contributed by atoms with Crippen LogP contribution in [0.15, 0.2) is 40.0 Å². The molecule has 8 heteroatoms. The molecule has 1 fully saturated rings. The Morgan fingerprint density at radius 3 is 2.52 bits per heavy atom. The molecule has 0 bridgehead atoms. The topological polar surface area (TPSA) is 88.9 Å².